The van der Waals surface area contributed by atoms with Gasteiger partial charge in [-0.25, -0.2) is 0 Å². The average Bonchev–Trinajstić information content (AvgIpc) is 2.51. The highest BCUT2D eigenvalue weighted by Crippen LogP contribution is 2.42. The van der Waals surface area contributed by atoms with Crippen LogP contribution in [-0.4, -0.2) is 12.4 Å². The van der Waals surface area contributed by atoms with Crippen LogP contribution in [0.2, 0.25) is 0 Å². The van der Waals surface area contributed by atoms with E-state index in [4.69, 9.17) is 15.2 Å². The van der Waals surface area contributed by atoms with E-state index in [9.17, 15) is 4.79 Å². The van der Waals surface area contributed by atoms with Crippen LogP contribution in [0.5, 0.6) is 17.2 Å². The van der Waals surface area contributed by atoms with Gasteiger partial charge in [0.1, 0.15) is 23.9 Å². The number of hydrogen-bond donors (Lipinski definition) is 1. The first-order chi connectivity index (χ1) is 10.9. The highest BCUT2D eigenvalue weighted by Gasteiger charge is 2.25. The lowest BCUT2D eigenvalue weighted by atomic mass is 9.91. The van der Waals surface area contributed by atoms with Crippen LogP contribution in [0, 0.1) is 5.41 Å². The van der Waals surface area contributed by atoms with Crippen molar-refractivity contribution in [1.29, 1.82) is 0 Å². The number of hydrogen-bond acceptors (Lipinski definition) is 4. The minimum Gasteiger partial charge on any atom is -0.486 e. The van der Waals surface area contributed by atoms with Crippen molar-refractivity contribution >= 4 is 5.78 Å². The summed E-state index contributed by atoms with van der Waals surface area (Å²) in [6, 6.07) is 13.0. The molecular formula is C19H21NO3. The van der Waals surface area contributed by atoms with Crippen LogP contribution < -0.4 is 15.2 Å². The number of ketones is 1. The van der Waals surface area contributed by atoms with E-state index < -0.39 is 5.41 Å². The first kappa shape index (κ1) is 15.6. The number of rotatable bonds is 3. The normalized spacial score (nSPS) is 16.1. The average molecular weight is 311 g/mol. The number of carbonyl (C=O) groups excluding carboxylic acids is 1. The molecule has 4 nitrogen and oxygen atoms in total. The fraction of sp³-hybridized carbons (Fsp3) is 0.316. The number of nitrogens with two attached hydrogens (primary N) is 1. The highest BCUT2D eigenvalue weighted by molar-refractivity contribution is 5.85. The van der Waals surface area contributed by atoms with E-state index >= 15 is 0 Å². The van der Waals surface area contributed by atoms with E-state index in [1.807, 2.05) is 57.2 Å². The summed E-state index contributed by atoms with van der Waals surface area (Å²) in [7, 11) is 0. The molecule has 0 saturated heterocycles. The summed E-state index contributed by atoms with van der Waals surface area (Å²) in [6.45, 7) is 5.69. The Balaban J connectivity index is 1.80. The van der Waals surface area contributed by atoms with Gasteiger partial charge >= 0.3 is 0 Å². The summed E-state index contributed by atoms with van der Waals surface area (Å²) in [6.07, 6.45) is 0. The van der Waals surface area contributed by atoms with Crippen molar-refractivity contribution in [3.05, 3.63) is 53.6 Å². The maximum atomic E-state index is 12.0. The second-order valence-electron chi connectivity index (χ2n) is 6.78. The van der Waals surface area contributed by atoms with Gasteiger partial charge in [-0.15, -0.1) is 0 Å². The van der Waals surface area contributed by atoms with E-state index in [1.54, 1.807) is 6.07 Å². The van der Waals surface area contributed by atoms with Gasteiger partial charge in [0.15, 0.2) is 5.78 Å². The van der Waals surface area contributed by atoms with E-state index in [-0.39, 0.29) is 18.4 Å². The van der Waals surface area contributed by atoms with Gasteiger partial charge < -0.3 is 15.2 Å². The van der Waals surface area contributed by atoms with Gasteiger partial charge in [-0.2, -0.15) is 0 Å². The molecule has 2 aromatic carbocycles. The third-order valence-corrected chi connectivity index (χ3v) is 4.00. The molecule has 0 aromatic heterocycles. The lowest BCUT2D eigenvalue weighted by molar-refractivity contribution is -0.128. The number of fused-ring (bicyclic) bond motifs is 2. The Hall–Kier alpha value is -2.33. The molecule has 0 radical (unpaired) electrons. The summed E-state index contributed by atoms with van der Waals surface area (Å²) in [4.78, 5) is 12.0. The minimum atomic E-state index is -0.411. The van der Waals surface area contributed by atoms with E-state index in [2.05, 4.69) is 0 Å². The SMILES string of the molecule is CC(C)(C)C(=O)COc1ccc2c(c1)Oc1ccccc1C2N. The standard InChI is InChI=1S/C19H21NO3/c1-19(2,3)17(21)11-22-12-8-9-14-16(10-12)23-15-7-5-4-6-13(15)18(14)20/h4-10,18H,11,20H2,1-3H3. The second kappa shape index (κ2) is 5.70. The molecule has 0 bridgehead atoms. The van der Waals surface area contributed by atoms with E-state index in [1.165, 1.54) is 0 Å². The number of carbonyl (C=O) groups is 1. The first-order valence-electron chi connectivity index (χ1n) is 7.68. The summed E-state index contributed by atoms with van der Waals surface area (Å²) in [5, 5.41) is 0. The monoisotopic (exact) mass is 311 g/mol. The summed E-state index contributed by atoms with van der Waals surface area (Å²) < 4.78 is 11.5. The van der Waals surface area contributed by atoms with Gasteiger partial charge in [-0.1, -0.05) is 39.0 Å². The van der Waals surface area contributed by atoms with E-state index in [0.717, 1.165) is 16.9 Å². The summed E-state index contributed by atoms with van der Waals surface area (Å²) >= 11 is 0. The molecular weight excluding hydrogens is 290 g/mol. The molecule has 1 aliphatic rings. The molecule has 1 atom stereocenters. The predicted octanol–water partition coefficient (Wildman–Crippen LogP) is 3.83. The molecule has 0 aliphatic carbocycles. The Morgan fingerprint density at radius 1 is 1.13 bits per heavy atom. The van der Waals surface area contributed by atoms with Crippen LogP contribution in [0.25, 0.3) is 0 Å². The molecule has 0 spiro atoms. The molecule has 120 valence electrons. The number of ether oxygens (including phenoxy) is 2. The fourth-order valence-electron chi connectivity index (χ4n) is 2.43. The molecule has 0 fully saturated rings. The molecule has 0 saturated carbocycles. The molecule has 2 aromatic rings. The fourth-order valence-corrected chi connectivity index (χ4v) is 2.43. The third kappa shape index (κ3) is 3.08. The first-order valence-corrected chi connectivity index (χ1v) is 7.68. The zero-order valence-corrected chi connectivity index (χ0v) is 13.6. The van der Waals surface area contributed by atoms with Crippen molar-refractivity contribution in [2.24, 2.45) is 11.1 Å². The van der Waals surface area contributed by atoms with Crippen LogP contribution >= 0.6 is 0 Å². The van der Waals surface area contributed by atoms with Crippen LogP contribution in [-0.2, 0) is 4.79 Å². The molecule has 2 N–H and O–H groups in total. The van der Waals surface area contributed by atoms with Crippen molar-refractivity contribution in [1.82, 2.24) is 0 Å². The zero-order chi connectivity index (χ0) is 16.6. The molecule has 3 rings (SSSR count). The van der Waals surface area contributed by atoms with Crippen molar-refractivity contribution in [2.45, 2.75) is 26.8 Å². The molecule has 1 aliphatic heterocycles. The molecule has 1 heterocycles. The van der Waals surface area contributed by atoms with Gasteiger partial charge in [0.05, 0.1) is 6.04 Å². The summed E-state index contributed by atoms with van der Waals surface area (Å²) in [5.41, 5.74) is 7.79. The van der Waals surface area contributed by atoms with E-state index in [0.29, 0.717) is 11.5 Å². The van der Waals surface area contributed by atoms with Crippen molar-refractivity contribution < 1.29 is 14.3 Å². The van der Waals surface area contributed by atoms with Crippen LogP contribution in [0.1, 0.15) is 37.9 Å². The number of para-hydroxylation sites is 1. The number of benzene rings is 2. The molecule has 0 amide bonds. The zero-order valence-electron chi connectivity index (χ0n) is 13.6. The Morgan fingerprint density at radius 2 is 1.83 bits per heavy atom. The third-order valence-electron chi connectivity index (χ3n) is 4.00. The lowest BCUT2D eigenvalue weighted by Gasteiger charge is -2.26. The molecule has 23 heavy (non-hydrogen) atoms. The summed E-state index contributed by atoms with van der Waals surface area (Å²) in [5.74, 6) is 2.10. The Morgan fingerprint density at radius 3 is 2.57 bits per heavy atom. The Labute approximate surface area is 136 Å². The predicted molar refractivity (Wildman–Crippen MR) is 88.9 cm³/mol. The van der Waals surface area contributed by atoms with Gasteiger partial charge in [0.25, 0.3) is 0 Å². The van der Waals surface area contributed by atoms with Gasteiger partial charge in [0, 0.05) is 22.6 Å². The minimum absolute atomic E-state index is 0.0466. The van der Waals surface area contributed by atoms with Crippen molar-refractivity contribution in [3.8, 4) is 17.2 Å². The maximum Gasteiger partial charge on any atom is 0.175 e. The molecule has 1 unspecified atom stereocenters. The maximum absolute atomic E-state index is 12.0. The quantitative estimate of drug-likeness (QED) is 0.935. The Kier molecular flexibility index (Phi) is 3.86. The lowest BCUT2D eigenvalue weighted by Crippen LogP contribution is -2.26. The second-order valence-corrected chi connectivity index (χ2v) is 6.78. The highest BCUT2D eigenvalue weighted by atomic mass is 16.5. The van der Waals surface area contributed by atoms with Crippen LogP contribution in [0.4, 0.5) is 0 Å². The van der Waals surface area contributed by atoms with Crippen LogP contribution in [0.15, 0.2) is 42.5 Å². The Bertz CT molecular complexity index is 747. The molecule has 4 heteroatoms. The van der Waals surface area contributed by atoms with Crippen molar-refractivity contribution in [3.63, 3.8) is 0 Å². The van der Waals surface area contributed by atoms with Gasteiger partial charge in [-0.3, -0.25) is 4.79 Å². The van der Waals surface area contributed by atoms with Crippen LogP contribution in [0.3, 0.4) is 0 Å². The topological polar surface area (TPSA) is 61.5 Å². The largest absolute Gasteiger partial charge is 0.486 e. The van der Waals surface area contributed by atoms with Gasteiger partial charge in [0.2, 0.25) is 0 Å². The smallest absolute Gasteiger partial charge is 0.175 e. The van der Waals surface area contributed by atoms with Crippen molar-refractivity contribution in [2.75, 3.05) is 6.61 Å². The van der Waals surface area contributed by atoms with Gasteiger partial charge in [-0.05, 0) is 18.2 Å². The number of Topliss-reactive ketones (excluding diaryl/α,β-unsaturated/α-hetero) is 1.